The van der Waals surface area contributed by atoms with E-state index in [1.165, 1.54) is 5.56 Å². The third-order valence-electron chi connectivity index (χ3n) is 3.68. The first kappa shape index (κ1) is 16.7. The zero-order valence-corrected chi connectivity index (χ0v) is 13.5. The molecule has 112 valence electrons. The molecule has 0 aromatic heterocycles. The van der Waals surface area contributed by atoms with Gasteiger partial charge < -0.3 is 11.1 Å². The highest BCUT2D eigenvalue weighted by Gasteiger charge is 2.28. The highest BCUT2D eigenvalue weighted by molar-refractivity contribution is 5.82. The normalized spacial score (nSPS) is 15.0. The third-order valence-corrected chi connectivity index (χ3v) is 3.68. The summed E-state index contributed by atoms with van der Waals surface area (Å²) in [5.41, 5.74) is 8.15. The summed E-state index contributed by atoms with van der Waals surface area (Å²) in [6, 6.07) is 7.85. The van der Waals surface area contributed by atoms with Crippen molar-refractivity contribution in [2.75, 3.05) is 0 Å². The largest absolute Gasteiger partial charge is 0.348 e. The molecule has 1 rings (SSSR count). The van der Waals surface area contributed by atoms with Crippen LogP contribution in [0.3, 0.4) is 0 Å². The molecule has 0 saturated heterocycles. The van der Waals surface area contributed by atoms with E-state index >= 15 is 0 Å². The molecule has 3 N–H and O–H groups in total. The van der Waals surface area contributed by atoms with Gasteiger partial charge in [-0.25, -0.2) is 0 Å². The Hall–Kier alpha value is -1.35. The lowest BCUT2D eigenvalue weighted by Crippen LogP contribution is -2.49. The predicted octanol–water partition coefficient (Wildman–Crippen LogP) is 3.36. The van der Waals surface area contributed by atoms with E-state index in [9.17, 15) is 4.79 Å². The van der Waals surface area contributed by atoms with E-state index < -0.39 is 6.04 Å². The lowest BCUT2D eigenvalue weighted by Gasteiger charge is -2.27. The van der Waals surface area contributed by atoms with Gasteiger partial charge in [-0.2, -0.15) is 0 Å². The summed E-state index contributed by atoms with van der Waals surface area (Å²) in [6.45, 7) is 12.2. The van der Waals surface area contributed by atoms with Crippen molar-refractivity contribution in [1.82, 2.24) is 5.32 Å². The van der Waals surface area contributed by atoms with E-state index in [2.05, 4.69) is 43.4 Å². The Labute approximate surface area is 122 Å². The number of rotatable bonds is 4. The van der Waals surface area contributed by atoms with Crippen molar-refractivity contribution in [2.24, 2.45) is 11.1 Å². The molecule has 0 aliphatic rings. The van der Waals surface area contributed by atoms with Gasteiger partial charge in [-0.05, 0) is 29.4 Å². The van der Waals surface area contributed by atoms with Crippen LogP contribution in [0.15, 0.2) is 24.3 Å². The minimum Gasteiger partial charge on any atom is -0.348 e. The second kappa shape index (κ2) is 6.40. The fourth-order valence-electron chi connectivity index (χ4n) is 1.95. The monoisotopic (exact) mass is 276 g/mol. The smallest absolute Gasteiger partial charge is 0.237 e. The van der Waals surface area contributed by atoms with Crippen molar-refractivity contribution in [2.45, 2.75) is 59.5 Å². The maximum absolute atomic E-state index is 12.1. The molecule has 0 fully saturated rings. The molecular weight excluding hydrogens is 248 g/mol. The summed E-state index contributed by atoms with van der Waals surface area (Å²) < 4.78 is 0. The Balaban J connectivity index is 2.71. The van der Waals surface area contributed by atoms with Crippen LogP contribution in [0.5, 0.6) is 0 Å². The average molecular weight is 276 g/mol. The second-order valence-corrected chi connectivity index (χ2v) is 6.90. The minimum atomic E-state index is -0.500. The van der Waals surface area contributed by atoms with E-state index in [0.29, 0.717) is 5.92 Å². The highest BCUT2D eigenvalue weighted by Crippen LogP contribution is 2.21. The molecule has 3 heteroatoms. The van der Waals surface area contributed by atoms with Gasteiger partial charge in [-0.15, -0.1) is 0 Å². The molecule has 1 aromatic rings. The van der Waals surface area contributed by atoms with E-state index in [-0.39, 0.29) is 17.4 Å². The van der Waals surface area contributed by atoms with Gasteiger partial charge in [0.2, 0.25) is 5.91 Å². The van der Waals surface area contributed by atoms with Crippen LogP contribution in [0, 0.1) is 5.41 Å². The van der Waals surface area contributed by atoms with Crippen molar-refractivity contribution in [3.05, 3.63) is 35.4 Å². The highest BCUT2D eigenvalue weighted by atomic mass is 16.2. The van der Waals surface area contributed by atoms with Gasteiger partial charge in [0.25, 0.3) is 0 Å². The number of carbonyl (C=O) groups excluding carboxylic acids is 1. The molecule has 1 aromatic carbocycles. The van der Waals surface area contributed by atoms with Gasteiger partial charge in [0.05, 0.1) is 12.1 Å². The van der Waals surface area contributed by atoms with E-state index in [1.54, 1.807) is 0 Å². The molecule has 0 saturated carbocycles. The SMILES string of the molecule is CC(C)c1ccc(C(C)NC(=O)C(N)C(C)(C)C)cc1. The maximum atomic E-state index is 12.1. The fraction of sp³-hybridized carbons (Fsp3) is 0.588. The van der Waals surface area contributed by atoms with Gasteiger partial charge in [-0.1, -0.05) is 58.9 Å². The molecule has 0 aliphatic carbocycles. The fourth-order valence-corrected chi connectivity index (χ4v) is 1.95. The number of amides is 1. The van der Waals surface area contributed by atoms with Crippen LogP contribution < -0.4 is 11.1 Å². The van der Waals surface area contributed by atoms with Gasteiger partial charge >= 0.3 is 0 Å². The Bertz CT molecular complexity index is 443. The molecule has 0 bridgehead atoms. The zero-order valence-electron chi connectivity index (χ0n) is 13.5. The van der Waals surface area contributed by atoms with E-state index in [4.69, 9.17) is 5.73 Å². The Morgan fingerprint density at radius 1 is 1.05 bits per heavy atom. The van der Waals surface area contributed by atoms with Crippen LogP contribution in [0.4, 0.5) is 0 Å². The van der Waals surface area contributed by atoms with Crippen molar-refractivity contribution in [1.29, 1.82) is 0 Å². The molecule has 0 heterocycles. The van der Waals surface area contributed by atoms with Crippen molar-refractivity contribution >= 4 is 5.91 Å². The summed E-state index contributed by atoms with van der Waals surface area (Å²) in [5.74, 6) is 0.418. The van der Waals surface area contributed by atoms with Crippen LogP contribution in [0.2, 0.25) is 0 Å². The van der Waals surface area contributed by atoms with Crippen molar-refractivity contribution < 1.29 is 4.79 Å². The maximum Gasteiger partial charge on any atom is 0.237 e. The Morgan fingerprint density at radius 2 is 1.50 bits per heavy atom. The summed E-state index contributed by atoms with van der Waals surface area (Å²) in [5, 5.41) is 2.99. The lowest BCUT2D eigenvalue weighted by molar-refractivity contribution is -0.125. The topological polar surface area (TPSA) is 55.1 Å². The van der Waals surface area contributed by atoms with Crippen LogP contribution in [0.25, 0.3) is 0 Å². The van der Waals surface area contributed by atoms with Gasteiger partial charge in [0.1, 0.15) is 0 Å². The molecule has 2 atom stereocenters. The number of hydrogen-bond acceptors (Lipinski definition) is 2. The van der Waals surface area contributed by atoms with Crippen LogP contribution in [0.1, 0.15) is 64.6 Å². The first-order valence-electron chi connectivity index (χ1n) is 7.28. The van der Waals surface area contributed by atoms with Crippen molar-refractivity contribution in [3.63, 3.8) is 0 Å². The quantitative estimate of drug-likeness (QED) is 0.886. The predicted molar refractivity (Wildman–Crippen MR) is 84.5 cm³/mol. The molecule has 3 nitrogen and oxygen atoms in total. The number of nitrogens with two attached hydrogens (primary N) is 1. The standard InChI is InChI=1S/C17H28N2O/c1-11(2)13-7-9-14(10-8-13)12(3)19-16(20)15(18)17(4,5)6/h7-12,15H,18H2,1-6H3,(H,19,20). The van der Waals surface area contributed by atoms with E-state index in [0.717, 1.165) is 5.56 Å². The summed E-state index contributed by atoms with van der Waals surface area (Å²) in [4.78, 5) is 12.1. The summed E-state index contributed by atoms with van der Waals surface area (Å²) in [6.07, 6.45) is 0. The molecular formula is C17H28N2O. The molecule has 2 unspecified atom stereocenters. The average Bonchev–Trinajstić information content (AvgIpc) is 2.36. The number of nitrogens with one attached hydrogen (secondary N) is 1. The lowest BCUT2D eigenvalue weighted by atomic mass is 9.86. The van der Waals surface area contributed by atoms with Crippen LogP contribution in [-0.2, 0) is 4.79 Å². The van der Waals surface area contributed by atoms with E-state index in [1.807, 2.05) is 27.7 Å². The first-order chi connectivity index (χ1) is 9.12. The summed E-state index contributed by atoms with van der Waals surface area (Å²) >= 11 is 0. The zero-order chi connectivity index (χ0) is 15.5. The number of hydrogen-bond donors (Lipinski definition) is 2. The molecule has 20 heavy (non-hydrogen) atoms. The Kier molecular flexibility index (Phi) is 5.35. The molecule has 1 amide bonds. The molecule has 0 spiro atoms. The Morgan fingerprint density at radius 3 is 1.90 bits per heavy atom. The summed E-state index contributed by atoms with van der Waals surface area (Å²) in [7, 11) is 0. The van der Waals surface area contributed by atoms with Gasteiger partial charge in [-0.3, -0.25) is 4.79 Å². The van der Waals surface area contributed by atoms with Crippen LogP contribution in [-0.4, -0.2) is 11.9 Å². The van der Waals surface area contributed by atoms with Crippen molar-refractivity contribution in [3.8, 4) is 0 Å². The minimum absolute atomic E-state index is 0.0305. The number of carbonyl (C=O) groups is 1. The first-order valence-corrected chi connectivity index (χ1v) is 7.28. The van der Waals surface area contributed by atoms with Crippen LogP contribution >= 0.6 is 0 Å². The van der Waals surface area contributed by atoms with Gasteiger partial charge in [0.15, 0.2) is 0 Å². The molecule has 0 aliphatic heterocycles. The third kappa shape index (κ3) is 4.34. The molecule has 0 radical (unpaired) electrons. The number of benzene rings is 1. The van der Waals surface area contributed by atoms with Gasteiger partial charge in [0, 0.05) is 0 Å². The second-order valence-electron chi connectivity index (χ2n) is 6.90.